The van der Waals surface area contributed by atoms with Gasteiger partial charge in [-0.1, -0.05) is 104 Å². The van der Waals surface area contributed by atoms with Gasteiger partial charge in [0.1, 0.15) is 11.5 Å². The summed E-state index contributed by atoms with van der Waals surface area (Å²) in [7, 11) is 0. The number of hydrogen-bond acceptors (Lipinski definition) is 5. The van der Waals surface area contributed by atoms with Crippen LogP contribution in [0.4, 0.5) is 17.1 Å². The maximum absolute atomic E-state index is 11.6. The van der Waals surface area contributed by atoms with Crippen LogP contribution >= 0.6 is 0 Å². The third kappa shape index (κ3) is 7.27. The van der Waals surface area contributed by atoms with Gasteiger partial charge in [-0.05, 0) is 94.0 Å². The van der Waals surface area contributed by atoms with E-state index in [1.807, 2.05) is 48.5 Å². The molecule has 5 nitrogen and oxygen atoms in total. The van der Waals surface area contributed by atoms with Gasteiger partial charge in [-0.3, -0.25) is 0 Å². The van der Waals surface area contributed by atoms with E-state index in [1.54, 1.807) is 24.3 Å². The number of carbonyl (C=O) groups is 2. The van der Waals surface area contributed by atoms with Gasteiger partial charge in [0, 0.05) is 29.2 Å². The highest BCUT2D eigenvalue weighted by Crippen LogP contribution is 2.38. The van der Waals surface area contributed by atoms with E-state index in [-0.39, 0.29) is 0 Å². The van der Waals surface area contributed by atoms with E-state index in [9.17, 15) is 9.59 Å². The van der Waals surface area contributed by atoms with Gasteiger partial charge in [0.25, 0.3) is 0 Å². The van der Waals surface area contributed by atoms with Crippen LogP contribution in [0, 0.1) is 0 Å². The Morgan fingerprint density at radius 2 is 0.809 bits per heavy atom. The van der Waals surface area contributed by atoms with E-state index in [4.69, 9.17) is 9.47 Å². The number of nitrogens with zero attached hydrogens (tertiary/aromatic N) is 1. The molecule has 6 rings (SSSR count). The van der Waals surface area contributed by atoms with Crippen LogP contribution in [0.15, 0.2) is 177 Å². The van der Waals surface area contributed by atoms with Crippen molar-refractivity contribution in [2.75, 3.05) is 4.90 Å². The molecular weight excluding hydrogens is 582 g/mol. The lowest BCUT2D eigenvalue weighted by molar-refractivity contribution is -0.129. The highest BCUT2D eigenvalue weighted by molar-refractivity contribution is 5.85. The Morgan fingerprint density at radius 1 is 0.426 bits per heavy atom. The summed E-state index contributed by atoms with van der Waals surface area (Å²) >= 11 is 0. The Labute approximate surface area is 274 Å². The number of hydrogen-bond donors (Lipinski definition) is 0. The predicted molar refractivity (Wildman–Crippen MR) is 189 cm³/mol. The van der Waals surface area contributed by atoms with Crippen LogP contribution in [0.25, 0.3) is 33.4 Å². The Morgan fingerprint density at radius 3 is 1.26 bits per heavy atom. The molecular formula is C42H31NO4. The third-order valence-electron chi connectivity index (χ3n) is 7.61. The van der Waals surface area contributed by atoms with Crippen LogP contribution in [0.5, 0.6) is 11.5 Å². The quantitative estimate of drug-likeness (QED) is 0.0874. The monoisotopic (exact) mass is 613 g/mol. The molecule has 0 N–H and O–H groups in total. The molecule has 0 spiro atoms. The van der Waals surface area contributed by atoms with Crippen LogP contribution < -0.4 is 14.4 Å². The molecule has 0 aliphatic rings. The number of ether oxygens (including phenoxy) is 2. The average molecular weight is 614 g/mol. The van der Waals surface area contributed by atoms with Crippen molar-refractivity contribution in [3.8, 4) is 44.9 Å². The summed E-state index contributed by atoms with van der Waals surface area (Å²) in [5.41, 5.74) is 9.31. The molecule has 6 aromatic rings. The van der Waals surface area contributed by atoms with E-state index in [1.165, 1.54) is 0 Å². The van der Waals surface area contributed by atoms with Crippen molar-refractivity contribution in [2.45, 2.75) is 0 Å². The zero-order chi connectivity index (χ0) is 32.6. The minimum Gasteiger partial charge on any atom is -0.423 e. The van der Waals surface area contributed by atoms with Crippen molar-refractivity contribution >= 4 is 29.0 Å². The summed E-state index contributed by atoms with van der Waals surface area (Å²) in [5.74, 6) is -0.0602. The van der Waals surface area contributed by atoms with Crippen molar-refractivity contribution in [2.24, 2.45) is 0 Å². The maximum atomic E-state index is 11.6. The predicted octanol–water partition coefficient (Wildman–Crippen LogP) is 10.3. The van der Waals surface area contributed by atoms with E-state index in [2.05, 4.69) is 96.9 Å². The van der Waals surface area contributed by atoms with Crippen LogP contribution in [0.3, 0.4) is 0 Å². The molecule has 0 fully saturated rings. The fraction of sp³-hybridized carbons (Fsp3) is 0. The molecule has 228 valence electrons. The highest BCUT2D eigenvalue weighted by atomic mass is 16.5. The first kappa shape index (κ1) is 30.6. The van der Waals surface area contributed by atoms with Crippen LogP contribution in [0.1, 0.15) is 0 Å². The summed E-state index contributed by atoms with van der Waals surface area (Å²) in [6.07, 6.45) is 2.28. The minimum absolute atomic E-state index is 0.461. The van der Waals surface area contributed by atoms with Gasteiger partial charge >= 0.3 is 11.9 Å². The number of carbonyl (C=O) groups excluding carboxylic acids is 2. The average Bonchev–Trinajstić information content (AvgIpc) is 3.13. The van der Waals surface area contributed by atoms with Gasteiger partial charge in [-0.25, -0.2) is 9.59 Å². The van der Waals surface area contributed by atoms with E-state index >= 15 is 0 Å². The van der Waals surface area contributed by atoms with Gasteiger partial charge < -0.3 is 14.4 Å². The second-order valence-corrected chi connectivity index (χ2v) is 10.6. The lowest BCUT2D eigenvalue weighted by Gasteiger charge is -2.26. The second kappa shape index (κ2) is 14.1. The molecule has 0 radical (unpaired) electrons. The van der Waals surface area contributed by atoms with Crippen molar-refractivity contribution in [1.29, 1.82) is 0 Å². The molecule has 0 atom stereocenters. The van der Waals surface area contributed by atoms with Gasteiger partial charge in [0.15, 0.2) is 0 Å². The molecule has 0 aromatic heterocycles. The van der Waals surface area contributed by atoms with Gasteiger partial charge in [0.2, 0.25) is 0 Å². The Hall–Kier alpha value is -6.46. The first-order valence-electron chi connectivity index (χ1n) is 15.1. The van der Waals surface area contributed by atoms with E-state index in [0.29, 0.717) is 11.5 Å². The Kier molecular flexibility index (Phi) is 9.17. The fourth-order valence-electron chi connectivity index (χ4n) is 5.25. The number of esters is 2. The molecule has 0 aliphatic heterocycles. The summed E-state index contributed by atoms with van der Waals surface area (Å²) in [6.45, 7) is 6.90. The summed E-state index contributed by atoms with van der Waals surface area (Å²) in [5, 5.41) is 0. The number of benzene rings is 6. The third-order valence-corrected chi connectivity index (χ3v) is 7.61. The zero-order valence-electron chi connectivity index (χ0n) is 25.6. The molecule has 0 bridgehead atoms. The van der Waals surface area contributed by atoms with Crippen molar-refractivity contribution in [3.63, 3.8) is 0 Å². The summed E-state index contributed by atoms with van der Waals surface area (Å²) < 4.78 is 10.5. The molecule has 47 heavy (non-hydrogen) atoms. The molecule has 6 aromatic carbocycles. The summed E-state index contributed by atoms with van der Waals surface area (Å²) in [4.78, 5) is 25.4. The fourth-order valence-corrected chi connectivity index (χ4v) is 5.25. The van der Waals surface area contributed by atoms with Crippen LogP contribution in [-0.2, 0) is 9.59 Å². The molecule has 5 heteroatoms. The molecule has 0 saturated carbocycles. The molecule has 0 heterocycles. The SMILES string of the molecule is C=CC(=O)Oc1ccc(-c2ccc(N(c3ccc(-c4ccccc4)cc3)c3cccc(-c4ccc(OC(=O)C=C)cc4)c3)cc2)cc1. The standard InChI is InChI=1S/C42H31NO4/c1-3-41(44)46-39-25-17-33(18-26-39)32-15-23-37(24-16-32)43(36-21-13-31(14-22-36)30-9-6-5-7-10-30)38-12-8-11-35(29-38)34-19-27-40(28-20-34)47-42(45)4-2/h3-29H,1-2H2. The Bertz CT molecular complexity index is 2010. The van der Waals surface area contributed by atoms with Gasteiger partial charge in [-0.15, -0.1) is 0 Å². The van der Waals surface area contributed by atoms with Crippen molar-refractivity contribution in [3.05, 3.63) is 177 Å². The topological polar surface area (TPSA) is 55.8 Å². The first-order chi connectivity index (χ1) is 23.0. The van der Waals surface area contributed by atoms with Crippen LogP contribution in [-0.4, -0.2) is 11.9 Å². The van der Waals surface area contributed by atoms with E-state index in [0.717, 1.165) is 62.6 Å². The highest BCUT2D eigenvalue weighted by Gasteiger charge is 2.15. The van der Waals surface area contributed by atoms with Gasteiger partial charge in [-0.2, -0.15) is 0 Å². The van der Waals surface area contributed by atoms with Crippen LogP contribution in [0.2, 0.25) is 0 Å². The lowest BCUT2D eigenvalue weighted by atomic mass is 10.0. The minimum atomic E-state index is -0.495. The zero-order valence-corrected chi connectivity index (χ0v) is 25.6. The first-order valence-corrected chi connectivity index (χ1v) is 15.1. The molecule has 0 saturated heterocycles. The number of rotatable bonds is 10. The molecule has 0 aliphatic carbocycles. The maximum Gasteiger partial charge on any atom is 0.335 e. The number of anilines is 3. The van der Waals surface area contributed by atoms with Crippen molar-refractivity contribution in [1.82, 2.24) is 0 Å². The summed E-state index contributed by atoms with van der Waals surface area (Å²) in [6, 6.07) is 50.4. The van der Waals surface area contributed by atoms with Gasteiger partial charge in [0.05, 0.1) is 0 Å². The lowest BCUT2D eigenvalue weighted by Crippen LogP contribution is -2.10. The normalized spacial score (nSPS) is 10.5. The molecule has 0 unspecified atom stereocenters. The molecule has 0 amide bonds. The van der Waals surface area contributed by atoms with E-state index < -0.39 is 11.9 Å². The largest absolute Gasteiger partial charge is 0.423 e. The second-order valence-electron chi connectivity index (χ2n) is 10.6. The Balaban J connectivity index is 1.34. The van der Waals surface area contributed by atoms with Crippen molar-refractivity contribution < 1.29 is 19.1 Å². The smallest absolute Gasteiger partial charge is 0.335 e.